The summed E-state index contributed by atoms with van der Waals surface area (Å²) in [5.41, 5.74) is 1.77. The summed E-state index contributed by atoms with van der Waals surface area (Å²) in [6.45, 7) is 0. The number of phenols is 1. The van der Waals surface area contributed by atoms with E-state index in [0.29, 0.717) is 5.02 Å². The molecule has 0 spiro atoms. The Balaban J connectivity index is 1.73. The van der Waals surface area contributed by atoms with Crippen molar-refractivity contribution in [3.8, 4) is 5.75 Å². The third-order valence-electron chi connectivity index (χ3n) is 3.52. The van der Waals surface area contributed by atoms with Gasteiger partial charge in [-0.15, -0.1) is 0 Å². The molecule has 2 aromatic carbocycles. The largest absolute Gasteiger partial charge is 0.508 e. The van der Waals surface area contributed by atoms with E-state index >= 15 is 0 Å². The monoisotopic (exact) mass is 386 g/mol. The van der Waals surface area contributed by atoms with Crippen LogP contribution in [0.3, 0.4) is 0 Å². The highest BCUT2D eigenvalue weighted by molar-refractivity contribution is 7.92. The maximum atomic E-state index is 12.4. The summed E-state index contributed by atoms with van der Waals surface area (Å²) in [6, 6.07) is 16.3. The van der Waals surface area contributed by atoms with Gasteiger partial charge >= 0.3 is 0 Å². The first kappa shape index (κ1) is 18.0. The molecule has 7 heteroatoms. The molecule has 0 bridgehead atoms. The van der Waals surface area contributed by atoms with E-state index in [0.717, 1.165) is 11.1 Å². The molecular formula is C19H15ClN2O3S. The molecule has 1 aromatic heterocycles. The van der Waals surface area contributed by atoms with Gasteiger partial charge < -0.3 is 5.11 Å². The van der Waals surface area contributed by atoms with E-state index in [2.05, 4.69) is 9.71 Å². The maximum absolute atomic E-state index is 12.4. The molecule has 1 heterocycles. The molecule has 0 saturated carbocycles. The molecule has 0 aliphatic rings. The number of halogens is 1. The molecule has 0 atom stereocenters. The minimum atomic E-state index is -3.72. The molecule has 0 aliphatic carbocycles. The highest BCUT2D eigenvalue weighted by Crippen LogP contribution is 2.18. The molecule has 3 rings (SSSR count). The Hall–Kier alpha value is -2.83. The lowest BCUT2D eigenvalue weighted by atomic mass is 10.1. The lowest BCUT2D eigenvalue weighted by Gasteiger charge is -2.07. The van der Waals surface area contributed by atoms with Gasteiger partial charge in [-0.25, -0.2) is 13.4 Å². The Labute approximate surface area is 156 Å². The van der Waals surface area contributed by atoms with Crippen molar-refractivity contribution < 1.29 is 13.5 Å². The van der Waals surface area contributed by atoms with E-state index in [9.17, 15) is 13.5 Å². The molecule has 2 N–H and O–H groups in total. The quantitative estimate of drug-likeness (QED) is 0.636. The van der Waals surface area contributed by atoms with Gasteiger partial charge in [-0.3, -0.25) is 4.72 Å². The number of phenolic OH excluding ortho intramolecular Hbond substituents is 1. The number of pyridine rings is 1. The van der Waals surface area contributed by atoms with E-state index in [4.69, 9.17) is 11.6 Å². The van der Waals surface area contributed by atoms with Crippen LogP contribution in [0, 0.1) is 0 Å². The van der Waals surface area contributed by atoms with Crippen LogP contribution in [0.4, 0.5) is 5.82 Å². The van der Waals surface area contributed by atoms with Gasteiger partial charge in [-0.05, 0) is 47.5 Å². The number of rotatable bonds is 5. The van der Waals surface area contributed by atoms with Crippen molar-refractivity contribution in [1.29, 1.82) is 0 Å². The van der Waals surface area contributed by atoms with Gasteiger partial charge in [0.05, 0.1) is 9.92 Å². The van der Waals surface area contributed by atoms with Crippen LogP contribution in [0.15, 0.2) is 71.8 Å². The van der Waals surface area contributed by atoms with Crippen LogP contribution in [0.25, 0.3) is 12.2 Å². The van der Waals surface area contributed by atoms with Crippen molar-refractivity contribution in [1.82, 2.24) is 4.98 Å². The summed E-state index contributed by atoms with van der Waals surface area (Å²) in [7, 11) is -3.72. The summed E-state index contributed by atoms with van der Waals surface area (Å²) in [4.78, 5) is 4.06. The number of nitrogens with one attached hydrogen (secondary N) is 1. The van der Waals surface area contributed by atoms with Gasteiger partial charge in [-0.2, -0.15) is 0 Å². The fourth-order valence-electron chi connectivity index (χ4n) is 2.17. The third-order valence-corrected chi connectivity index (χ3v) is 5.11. The number of hydrogen-bond donors (Lipinski definition) is 2. The molecule has 0 aliphatic heterocycles. The van der Waals surface area contributed by atoms with Gasteiger partial charge in [0, 0.05) is 6.20 Å². The van der Waals surface area contributed by atoms with Gasteiger partial charge in [0.15, 0.2) is 0 Å². The zero-order valence-electron chi connectivity index (χ0n) is 13.5. The Morgan fingerprint density at radius 3 is 2.00 bits per heavy atom. The van der Waals surface area contributed by atoms with Crippen LogP contribution in [-0.2, 0) is 10.0 Å². The molecule has 0 amide bonds. The van der Waals surface area contributed by atoms with Crippen LogP contribution < -0.4 is 4.72 Å². The van der Waals surface area contributed by atoms with Crippen molar-refractivity contribution in [2.24, 2.45) is 0 Å². The third kappa shape index (κ3) is 4.62. The van der Waals surface area contributed by atoms with E-state index < -0.39 is 10.0 Å². The molecule has 0 radical (unpaired) electrons. The second kappa shape index (κ2) is 7.59. The zero-order valence-corrected chi connectivity index (χ0v) is 15.1. The predicted molar refractivity (Wildman–Crippen MR) is 104 cm³/mol. The maximum Gasteiger partial charge on any atom is 0.263 e. The number of benzene rings is 2. The minimum absolute atomic E-state index is 0.135. The number of hydrogen-bond acceptors (Lipinski definition) is 4. The molecule has 132 valence electrons. The predicted octanol–water partition coefficient (Wildman–Crippen LogP) is 4.41. The number of sulfonamides is 1. The second-order valence-corrected chi connectivity index (χ2v) is 7.58. The normalized spacial score (nSPS) is 11.6. The summed E-state index contributed by atoms with van der Waals surface area (Å²) >= 11 is 5.74. The van der Waals surface area contributed by atoms with Crippen molar-refractivity contribution in [2.45, 2.75) is 4.90 Å². The van der Waals surface area contributed by atoms with Crippen molar-refractivity contribution in [3.05, 3.63) is 83.0 Å². The lowest BCUT2D eigenvalue weighted by Crippen LogP contribution is -2.13. The van der Waals surface area contributed by atoms with Crippen LogP contribution in [0.2, 0.25) is 5.02 Å². The number of aromatic hydroxyl groups is 1. The molecule has 26 heavy (non-hydrogen) atoms. The van der Waals surface area contributed by atoms with Gasteiger partial charge in [0.2, 0.25) is 0 Å². The smallest absolute Gasteiger partial charge is 0.263 e. The number of nitrogens with zero attached hydrogens (tertiary/aromatic N) is 1. The van der Waals surface area contributed by atoms with Crippen molar-refractivity contribution in [2.75, 3.05) is 4.72 Å². The first-order chi connectivity index (χ1) is 12.4. The Morgan fingerprint density at radius 1 is 0.885 bits per heavy atom. The van der Waals surface area contributed by atoms with E-state index in [1.165, 1.54) is 24.4 Å². The zero-order chi connectivity index (χ0) is 18.6. The summed E-state index contributed by atoms with van der Waals surface area (Å²) in [5, 5.41) is 9.70. The van der Waals surface area contributed by atoms with Crippen LogP contribution >= 0.6 is 11.6 Å². The number of aromatic nitrogens is 1. The van der Waals surface area contributed by atoms with Crippen LogP contribution in [0.1, 0.15) is 11.1 Å². The summed E-state index contributed by atoms with van der Waals surface area (Å²) in [6.07, 6.45) is 5.10. The lowest BCUT2D eigenvalue weighted by molar-refractivity contribution is 0.475. The van der Waals surface area contributed by atoms with Gasteiger partial charge in [0.25, 0.3) is 10.0 Å². The topological polar surface area (TPSA) is 79.3 Å². The molecule has 5 nitrogen and oxygen atoms in total. The highest BCUT2D eigenvalue weighted by atomic mass is 35.5. The average molecular weight is 387 g/mol. The van der Waals surface area contributed by atoms with Gasteiger partial charge in [0.1, 0.15) is 11.6 Å². The molecule has 0 saturated heterocycles. The average Bonchev–Trinajstić information content (AvgIpc) is 2.63. The first-order valence-corrected chi connectivity index (χ1v) is 9.50. The fourth-order valence-corrected chi connectivity index (χ4v) is 3.29. The second-order valence-electron chi connectivity index (χ2n) is 5.46. The standard InChI is InChI=1S/C19H15ClN2O3S/c20-16-7-12-19(21-13-16)22-26(24,25)18-10-5-15(6-11-18)2-1-14-3-8-17(23)9-4-14/h1-13,23H,(H,21,22). The van der Waals surface area contributed by atoms with Crippen LogP contribution in [-0.4, -0.2) is 18.5 Å². The highest BCUT2D eigenvalue weighted by Gasteiger charge is 2.14. The Morgan fingerprint density at radius 2 is 1.46 bits per heavy atom. The fraction of sp³-hybridized carbons (Fsp3) is 0. The SMILES string of the molecule is O=S(=O)(Nc1ccc(Cl)cn1)c1ccc(C=Cc2ccc(O)cc2)cc1. The molecule has 3 aromatic rings. The van der Waals surface area contributed by atoms with Crippen LogP contribution in [0.5, 0.6) is 5.75 Å². The Kier molecular flexibility index (Phi) is 5.25. The van der Waals surface area contributed by atoms with Gasteiger partial charge in [-0.1, -0.05) is 48.0 Å². The molecule has 0 unspecified atom stereocenters. The number of anilines is 1. The molecule has 0 fully saturated rings. The van der Waals surface area contributed by atoms with E-state index in [1.54, 1.807) is 42.5 Å². The first-order valence-electron chi connectivity index (χ1n) is 7.64. The van der Waals surface area contributed by atoms with E-state index in [-0.39, 0.29) is 16.5 Å². The van der Waals surface area contributed by atoms with E-state index in [1.807, 2.05) is 12.2 Å². The summed E-state index contributed by atoms with van der Waals surface area (Å²) in [5.74, 6) is 0.407. The summed E-state index contributed by atoms with van der Waals surface area (Å²) < 4.78 is 27.2. The Bertz CT molecular complexity index is 1010. The van der Waals surface area contributed by atoms with Crippen molar-refractivity contribution >= 4 is 39.6 Å². The molecular weight excluding hydrogens is 372 g/mol. The van der Waals surface area contributed by atoms with Crippen molar-refractivity contribution in [3.63, 3.8) is 0 Å². The minimum Gasteiger partial charge on any atom is -0.508 e.